The largest absolute Gasteiger partial charge is 0.493 e. The van der Waals surface area contributed by atoms with Gasteiger partial charge in [-0.15, -0.1) is 0 Å². The quantitative estimate of drug-likeness (QED) is 0.470. The highest BCUT2D eigenvalue weighted by molar-refractivity contribution is 5.69. The summed E-state index contributed by atoms with van der Waals surface area (Å²) in [7, 11) is 0. The van der Waals surface area contributed by atoms with E-state index < -0.39 is 0 Å². The molecule has 29 heavy (non-hydrogen) atoms. The van der Waals surface area contributed by atoms with Crippen LogP contribution in [0.5, 0.6) is 5.75 Å². The van der Waals surface area contributed by atoms with Gasteiger partial charge in [-0.3, -0.25) is 4.98 Å². The zero-order chi connectivity index (χ0) is 20.6. The van der Waals surface area contributed by atoms with Gasteiger partial charge in [-0.1, -0.05) is 51.3 Å². The summed E-state index contributed by atoms with van der Waals surface area (Å²) in [4.78, 5) is 4.84. The average molecular weight is 396 g/mol. The van der Waals surface area contributed by atoms with E-state index in [9.17, 15) is 0 Å². The maximum atomic E-state index is 6.27. The molecule has 0 N–H and O–H groups in total. The van der Waals surface area contributed by atoms with E-state index in [1.54, 1.807) is 0 Å². The Morgan fingerprint density at radius 3 is 2.31 bits per heavy atom. The second-order valence-corrected chi connectivity index (χ2v) is 8.18. The third-order valence-corrected chi connectivity index (χ3v) is 6.31. The summed E-state index contributed by atoms with van der Waals surface area (Å²) in [5.74, 6) is 1.59. The number of benzene rings is 1. The van der Waals surface area contributed by atoms with E-state index in [-0.39, 0.29) is 6.10 Å². The van der Waals surface area contributed by atoms with E-state index in [4.69, 9.17) is 14.5 Å². The Balaban J connectivity index is 1.82. The van der Waals surface area contributed by atoms with Crippen molar-refractivity contribution in [3.63, 3.8) is 0 Å². The second kappa shape index (κ2) is 10.8. The Morgan fingerprint density at radius 1 is 1.00 bits per heavy atom. The average Bonchev–Trinajstić information content (AvgIpc) is 2.78. The highest BCUT2D eigenvalue weighted by Crippen LogP contribution is 2.33. The van der Waals surface area contributed by atoms with Crippen LogP contribution in [-0.4, -0.2) is 17.7 Å². The molecule has 1 aromatic carbocycles. The van der Waals surface area contributed by atoms with E-state index in [2.05, 4.69) is 45.0 Å². The van der Waals surface area contributed by atoms with Gasteiger partial charge in [-0.25, -0.2) is 0 Å². The zero-order valence-electron chi connectivity index (χ0n) is 18.7. The van der Waals surface area contributed by atoms with Crippen LogP contribution >= 0.6 is 0 Å². The molecule has 1 atom stereocenters. The van der Waals surface area contributed by atoms with Crippen molar-refractivity contribution < 1.29 is 9.47 Å². The molecule has 158 valence electrons. The summed E-state index contributed by atoms with van der Waals surface area (Å²) in [6.45, 7) is 9.88. The first-order chi connectivity index (χ1) is 14.2. The summed E-state index contributed by atoms with van der Waals surface area (Å²) in [6.07, 6.45) is 10.9. The lowest BCUT2D eigenvalue weighted by atomic mass is 9.86. The maximum Gasteiger partial charge on any atom is 0.128 e. The molecule has 0 saturated heterocycles. The van der Waals surface area contributed by atoms with Gasteiger partial charge in [0.25, 0.3) is 0 Å². The lowest BCUT2D eigenvalue weighted by Gasteiger charge is -2.27. The molecule has 1 aliphatic carbocycles. The maximum absolute atomic E-state index is 6.27. The predicted molar refractivity (Wildman–Crippen MR) is 120 cm³/mol. The number of hydrogen-bond donors (Lipinski definition) is 0. The first-order valence-electron chi connectivity index (χ1n) is 11.5. The van der Waals surface area contributed by atoms with E-state index in [0.717, 1.165) is 29.8 Å². The van der Waals surface area contributed by atoms with Gasteiger partial charge in [0.2, 0.25) is 0 Å². The Hall–Kier alpha value is -1.87. The molecule has 2 aromatic rings. The van der Waals surface area contributed by atoms with Crippen molar-refractivity contribution in [2.45, 2.75) is 85.4 Å². The minimum absolute atomic E-state index is 0.289. The van der Waals surface area contributed by atoms with Gasteiger partial charge in [-0.2, -0.15) is 0 Å². The van der Waals surface area contributed by atoms with Gasteiger partial charge >= 0.3 is 0 Å². The summed E-state index contributed by atoms with van der Waals surface area (Å²) in [6, 6.07) is 8.68. The monoisotopic (exact) mass is 395 g/mol. The normalized spacial score (nSPS) is 16.0. The summed E-state index contributed by atoms with van der Waals surface area (Å²) >= 11 is 0. The molecule has 1 aromatic heterocycles. The van der Waals surface area contributed by atoms with Gasteiger partial charge in [0.15, 0.2) is 0 Å². The number of rotatable bonds is 9. The van der Waals surface area contributed by atoms with Gasteiger partial charge in [0, 0.05) is 23.4 Å². The molecule has 3 rings (SSSR count). The Kier molecular flexibility index (Phi) is 8.11. The SMILES string of the molecule is CCOc1cc(-c2c(CC)cccc2CC)ncc1COC(C)C1CCCCC1. The fourth-order valence-corrected chi connectivity index (χ4v) is 4.53. The van der Waals surface area contributed by atoms with Crippen molar-refractivity contribution in [3.8, 4) is 17.0 Å². The molecule has 1 heterocycles. The van der Waals surface area contributed by atoms with Crippen LogP contribution in [0.15, 0.2) is 30.5 Å². The Labute approximate surface area is 176 Å². The van der Waals surface area contributed by atoms with Crippen LogP contribution in [0, 0.1) is 5.92 Å². The van der Waals surface area contributed by atoms with Crippen LogP contribution in [0.3, 0.4) is 0 Å². The number of aromatic nitrogens is 1. The molecule has 0 amide bonds. The molecule has 0 bridgehead atoms. The molecule has 0 radical (unpaired) electrons. The van der Waals surface area contributed by atoms with Gasteiger partial charge < -0.3 is 9.47 Å². The Bertz CT molecular complexity index is 758. The van der Waals surface area contributed by atoms with Crippen molar-refractivity contribution >= 4 is 0 Å². The van der Waals surface area contributed by atoms with Gasteiger partial charge in [0.05, 0.1) is 25.0 Å². The molecule has 0 spiro atoms. The molecular weight excluding hydrogens is 358 g/mol. The van der Waals surface area contributed by atoms with Crippen LogP contribution in [0.1, 0.15) is 76.5 Å². The van der Waals surface area contributed by atoms with Crippen molar-refractivity contribution in [2.75, 3.05) is 6.61 Å². The van der Waals surface area contributed by atoms with Crippen LogP contribution in [0.25, 0.3) is 11.3 Å². The topological polar surface area (TPSA) is 31.4 Å². The second-order valence-electron chi connectivity index (χ2n) is 8.18. The first-order valence-corrected chi connectivity index (χ1v) is 11.5. The molecule has 1 aliphatic rings. The Morgan fingerprint density at radius 2 is 1.69 bits per heavy atom. The number of aryl methyl sites for hydroxylation is 2. The first kappa shape index (κ1) is 21.8. The lowest BCUT2D eigenvalue weighted by Crippen LogP contribution is -2.23. The smallest absolute Gasteiger partial charge is 0.128 e. The van der Waals surface area contributed by atoms with E-state index >= 15 is 0 Å². The third kappa shape index (κ3) is 5.39. The summed E-state index contributed by atoms with van der Waals surface area (Å²) in [5, 5.41) is 0. The molecule has 0 aliphatic heterocycles. The van der Waals surface area contributed by atoms with E-state index in [0.29, 0.717) is 19.1 Å². The fourth-order valence-electron chi connectivity index (χ4n) is 4.53. The molecule has 1 saturated carbocycles. The molecular formula is C26H37NO2. The van der Waals surface area contributed by atoms with Crippen LogP contribution in [0.2, 0.25) is 0 Å². The zero-order valence-corrected chi connectivity index (χ0v) is 18.7. The van der Waals surface area contributed by atoms with E-state index in [1.165, 1.54) is 48.8 Å². The molecule has 3 heteroatoms. The number of hydrogen-bond acceptors (Lipinski definition) is 3. The number of ether oxygens (including phenoxy) is 2. The fraction of sp³-hybridized carbons (Fsp3) is 0.577. The van der Waals surface area contributed by atoms with Gasteiger partial charge in [-0.05, 0) is 56.6 Å². The molecule has 3 nitrogen and oxygen atoms in total. The van der Waals surface area contributed by atoms with Crippen LogP contribution < -0.4 is 4.74 Å². The molecule has 1 fully saturated rings. The summed E-state index contributed by atoms with van der Waals surface area (Å²) in [5.41, 5.74) is 6.00. The van der Waals surface area contributed by atoms with Crippen molar-refractivity contribution in [3.05, 3.63) is 47.2 Å². The molecule has 1 unspecified atom stereocenters. The van der Waals surface area contributed by atoms with Crippen LogP contribution in [0.4, 0.5) is 0 Å². The lowest BCUT2D eigenvalue weighted by molar-refractivity contribution is 0.00112. The van der Waals surface area contributed by atoms with Crippen molar-refractivity contribution in [1.29, 1.82) is 0 Å². The standard InChI is InChI=1S/C26H37NO2/c1-5-20-14-11-15-21(6-2)26(20)24-16-25(28-7-3)23(17-27-24)18-29-19(4)22-12-9-8-10-13-22/h11,14-17,19,22H,5-10,12-13,18H2,1-4H3. The van der Waals surface area contributed by atoms with Crippen molar-refractivity contribution in [1.82, 2.24) is 4.98 Å². The highest BCUT2D eigenvalue weighted by Gasteiger charge is 2.21. The minimum Gasteiger partial charge on any atom is -0.493 e. The minimum atomic E-state index is 0.289. The predicted octanol–water partition coefficient (Wildman–Crippen LogP) is 6.76. The number of pyridine rings is 1. The van der Waals surface area contributed by atoms with Crippen LogP contribution in [-0.2, 0) is 24.2 Å². The number of nitrogens with zero attached hydrogens (tertiary/aromatic N) is 1. The van der Waals surface area contributed by atoms with Gasteiger partial charge in [0.1, 0.15) is 5.75 Å². The van der Waals surface area contributed by atoms with Crippen molar-refractivity contribution in [2.24, 2.45) is 5.92 Å². The highest BCUT2D eigenvalue weighted by atomic mass is 16.5. The van der Waals surface area contributed by atoms with E-state index in [1.807, 2.05) is 13.1 Å². The third-order valence-electron chi connectivity index (χ3n) is 6.31. The summed E-state index contributed by atoms with van der Waals surface area (Å²) < 4.78 is 12.3.